The van der Waals surface area contributed by atoms with Gasteiger partial charge in [0.1, 0.15) is 0 Å². The standard InChI is InChI=1S/C8H11N.HNO2S/c9-7-6-8-4-2-1-3-5-8;1-4(2)3/h1-5H,6-7,9H2;1H. The van der Waals surface area contributed by atoms with Crippen LogP contribution in [0, 0.1) is 4.78 Å². The summed E-state index contributed by atoms with van der Waals surface area (Å²) in [5, 5.41) is 0. The van der Waals surface area contributed by atoms with Crippen molar-refractivity contribution in [3.05, 3.63) is 35.9 Å². The first-order valence-electron chi connectivity index (χ1n) is 3.71. The number of hydrogen-bond acceptors (Lipinski definition) is 4. The van der Waals surface area contributed by atoms with Crippen LogP contribution in [0.25, 0.3) is 0 Å². The molecule has 0 saturated heterocycles. The molecule has 72 valence electrons. The van der Waals surface area contributed by atoms with Gasteiger partial charge in [0.15, 0.2) is 0 Å². The van der Waals surface area contributed by atoms with Gasteiger partial charge in [0.2, 0.25) is 0 Å². The zero-order valence-corrected chi connectivity index (χ0v) is 7.92. The van der Waals surface area contributed by atoms with Crippen LogP contribution in [0.2, 0.25) is 0 Å². The Kier molecular flexibility index (Phi) is 6.76. The Hall–Kier alpha value is -1.20. The first-order chi connectivity index (χ1) is 6.16. The highest BCUT2D eigenvalue weighted by Gasteiger charge is 1.84. The second-order valence-corrected chi connectivity index (χ2v) is 2.73. The number of rotatable bonds is 2. The van der Waals surface area contributed by atoms with Gasteiger partial charge in [0.25, 0.3) is 0 Å². The van der Waals surface area contributed by atoms with E-state index in [-0.39, 0.29) is 0 Å². The average Bonchev–Trinajstić information content (AvgIpc) is 2.06. The molecule has 0 radical (unpaired) electrons. The topological polar surface area (TPSA) is 84.0 Å². The number of benzene rings is 1. The van der Waals surface area contributed by atoms with Crippen LogP contribution < -0.4 is 5.73 Å². The van der Waals surface area contributed by atoms with Gasteiger partial charge < -0.3 is 5.73 Å². The Balaban J connectivity index is 0.000000310. The number of hydrogen-bond donors (Lipinski definition) is 2. The van der Waals surface area contributed by atoms with Gasteiger partial charge in [-0.25, -0.2) is 0 Å². The van der Waals surface area contributed by atoms with Gasteiger partial charge in [-0.05, 0) is 18.5 Å². The monoisotopic (exact) mass is 200 g/mol. The maximum Gasteiger partial charge on any atom is 0.308 e. The molecule has 0 unspecified atom stereocenters. The number of nitrogens with one attached hydrogen (secondary N) is 1. The molecule has 13 heavy (non-hydrogen) atoms. The summed E-state index contributed by atoms with van der Waals surface area (Å²) < 4.78 is 22.8. The van der Waals surface area contributed by atoms with Crippen LogP contribution in [0.1, 0.15) is 5.56 Å². The smallest absolute Gasteiger partial charge is 0.308 e. The zero-order chi connectivity index (χ0) is 10.1. The second-order valence-electron chi connectivity index (χ2n) is 2.26. The lowest BCUT2D eigenvalue weighted by molar-refractivity contribution is 0.620. The van der Waals surface area contributed by atoms with Crippen LogP contribution in [0.15, 0.2) is 30.3 Å². The van der Waals surface area contributed by atoms with Crippen molar-refractivity contribution >= 4 is 10.5 Å². The van der Waals surface area contributed by atoms with Crippen molar-refractivity contribution in [2.45, 2.75) is 6.42 Å². The maximum atomic E-state index is 8.67. The van der Waals surface area contributed by atoms with Crippen LogP contribution >= 0.6 is 0 Å². The average molecular weight is 200 g/mol. The van der Waals surface area contributed by atoms with Gasteiger partial charge in [-0.3, -0.25) is 0 Å². The Morgan fingerprint density at radius 1 is 1.23 bits per heavy atom. The van der Waals surface area contributed by atoms with Crippen LogP contribution in [0.4, 0.5) is 0 Å². The van der Waals surface area contributed by atoms with E-state index in [0.717, 1.165) is 13.0 Å². The van der Waals surface area contributed by atoms with Crippen molar-refractivity contribution in [3.8, 4) is 0 Å². The van der Waals surface area contributed by atoms with E-state index in [0.29, 0.717) is 0 Å². The maximum absolute atomic E-state index is 8.67. The lowest BCUT2D eigenvalue weighted by atomic mass is 10.2. The normalized spacial score (nSPS) is 8.38. The molecular weight excluding hydrogens is 188 g/mol. The Labute approximate surface area is 78.9 Å². The van der Waals surface area contributed by atoms with Crippen molar-refractivity contribution in [1.82, 2.24) is 0 Å². The van der Waals surface area contributed by atoms with E-state index >= 15 is 0 Å². The quantitative estimate of drug-likeness (QED) is 0.741. The van der Waals surface area contributed by atoms with Crippen molar-refractivity contribution < 1.29 is 8.42 Å². The third-order valence-electron chi connectivity index (χ3n) is 1.28. The van der Waals surface area contributed by atoms with Gasteiger partial charge in [0.05, 0.1) is 0 Å². The molecule has 0 aliphatic heterocycles. The molecule has 1 aromatic rings. The summed E-state index contributed by atoms with van der Waals surface area (Å²) in [6.45, 7) is 0.740. The largest absolute Gasteiger partial charge is 0.330 e. The summed E-state index contributed by atoms with van der Waals surface area (Å²) in [6.07, 6.45) is 0.987. The van der Waals surface area contributed by atoms with Gasteiger partial charge in [-0.2, -0.15) is 13.2 Å². The highest BCUT2D eigenvalue weighted by molar-refractivity contribution is 7.60. The van der Waals surface area contributed by atoms with Crippen molar-refractivity contribution in [2.24, 2.45) is 5.73 Å². The van der Waals surface area contributed by atoms with Crippen molar-refractivity contribution in [2.75, 3.05) is 6.54 Å². The molecule has 0 aliphatic rings. The SMILES string of the molecule is N=S(=O)=O.NCCc1ccccc1. The minimum atomic E-state index is -2.61. The summed E-state index contributed by atoms with van der Waals surface area (Å²) in [7, 11) is -2.61. The van der Waals surface area contributed by atoms with Crippen LogP contribution in [0.3, 0.4) is 0 Å². The van der Waals surface area contributed by atoms with E-state index < -0.39 is 10.5 Å². The fourth-order valence-electron chi connectivity index (χ4n) is 0.811. The molecular formula is C8H12N2O2S. The molecule has 5 heteroatoms. The minimum absolute atomic E-state index is 0.740. The third kappa shape index (κ3) is 8.71. The summed E-state index contributed by atoms with van der Waals surface area (Å²) in [5.41, 5.74) is 6.68. The van der Waals surface area contributed by atoms with Crippen LogP contribution in [-0.2, 0) is 16.9 Å². The lowest BCUT2D eigenvalue weighted by Crippen LogP contribution is -2.01. The Morgan fingerprint density at radius 2 is 1.69 bits per heavy atom. The number of nitrogens with two attached hydrogens (primary N) is 1. The molecule has 0 spiro atoms. The van der Waals surface area contributed by atoms with Crippen molar-refractivity contribution in [1.29, 1.82) is 4.78 Å². The molecule has 0 amide bonds. The van der Waals surface area contributed by atoms with E-state index in [1.54, 1.807) is 0 Å². The molecule has 4 nitrogen and oxygen atoms in total. The molecule has 0 saturated carbocycles. The Morgan fingerprint density at radius 3 is 2.08 bits per heavy atom. The van der Waals surface area contributed by atoms with Crippen molar-refractivity contribution in [3.63, 3.8) is 0 Å². The second kappa shape index (κ2) is 7.45. The summed E-state index contributed by atoms with van der Waals surface area (Å²) in [6, 6.07) is 10.3. The highest BCUT2D eigenvalue weighted by Crippen LogP contribution is 1.96. The highest BCUT2D eigenvalue weighted by atomic mass is 32.2. The fourth-order valence-corrected chi connectivity index (χ4v) is 0.811. The van der Waals surface area contributed by atoms with Crippen LogP contribution in [-0.4, -0.2) is 15.0 Å². The van der Waals surface area contributed by atoms with E-state index in [4.69, 9.17) is 18.9 Å². The van der Waals surface area contributed by atoms with Gasteiger partial charge >= 0.3 is 10.5 Å². The summed E-state index contributed by atoms with van der Waals surface area (Å²) in [4.78, 5) is 0. The molecule has 0 aromatic heterocycles. The van der Waals surface area contributed by atoms with E-state index in [2.05, 4.69) is 12.1 Å². The molecule has 1 aromatic carbocycles. The van der Waals surface area contributed by atoms with Gasteiger partial charge in [-0.1, -0.05) is 30.3 Å². The van der Waals surface area contributed by atoms with Gasteiger partial charge in [0, 0.05) is 0 Å². The van der Waals surface area contributed by atoms with E-state index in [1.807, 2.05) is 18.2 Å². The van der Waals surface area contributed by atoms with E-state index in [1.165, 1.54) is 5.56 Å². The summed E-state index contributed by atoms with van der Waals surface area (Å²) >= 11 is 0. The van der Waals surface area contributed by atoms with Gasteiger partial charge in [-0.15, -0.1) is 0 Å². The Bertz CT molecular complexity index is 313. The molecule has 0 fully saturated rings. The molecule has 1 rings (SSSR count). The minimum Gasteiger partial charge on any atom is -0.330 e. The molecule has 0 aliphatic carbocycles. The first-order valence-corrected chi connectivity index (χ1v) is 4.78. The van der Waals surface area contributed by atoms with E-state index in [9.17, 15) is 0 Å². The zero-order valence-electron chi connectivity index (χ0n) is 7.10. The lowest BCUT2D eigenvalue weighted by Gasteiger charge is -1.93. The molecule has 3 N–H and O–H groups in total. The fraction of sp³-hybridized carbons (Fsp3) is 0.250. The third-order valence-corrected chi connectivity index (χ3v) is 1.28. The molecule has 0 atom stereocenters. The predicted octanol–water partition coefficient (Wildman–Crippen LogP) is 0.816. The molecule has 0 bridgehead atoms. The summed E-state index contributed by atoms with van der Waals surface area (Å²) in [5.74, 6) is 0. The van der Waals surface area contributed by atoms with Crippen LogP contribution in [0.5, 0.6) is 0 Å². The molecule has 0 heterocycles. The first kappa shape index (κ1) is 11.8. The predicted molar refractivity (Wildman–Crippen MR) is 50.8 cm³/mol.